The highest BCUT2D eigenvalue weighted by Crippen LogP contribution is 2.60. The molecule has 2 aromatic rings. The van der Waals surface area contributed by atoms with Crippen molar-refractivity contribution in [1.29, 1.82) is 0 Å². The van der Waals surface area contributed by atoms with Gasteiger partial charge in [0.1, 0.15) is 5.82 Å². The van der Waals surface area contributed by atoms with Gasteiger partial charge in [0.25, 0.3) is 0 Å². The third kappa shape index (κ3) is 1.93. The zero-order chi connectivity index (χ0) is 13.8. The van der Waals surface area contributed by atoms with E-state index in [4.69, 9.17) is 5.73 Å². The van der Waals surface area contributed by atoms with E-state index in [9.17, 15) is 0 Å². The van der Waals surface area contributed by atoms with E-state index in [-0.39, 0.29) is 0 Å². The molecule has 0 bridgehead atoms. The van der Waals surface area contributed by atoms with E-state index in [0.717, 1.165) is 17.1 Å². The van der Waals surface area contributed by atoms with Crippen LogP contribution in [0.15, 0.2) is 24.3 Å². The number of nitrogens with zero attached hydrogens (tertiary/aromatic N) is 2. The fourth-order valence-electron chi connectivity index (χ4n) is 2.75. The van der Waals surface area contributed by atoms with E-state index in [0.29, 0.717) is 11.3 Å². The van der Waals surface area contributed by atoms with Crippen LogP contribution in [0.3, 0.4) is 0 Å². The van der Waals surface area contributed by atoms with Gasteiger partial charge in [0, 0.05) is 18.5 Å². The maximum atomic E-state index is 6.23. The molecule has 19 heavy (non-hydrogen) atoms. The van der Waals surface area contributed by atoms with Gasteiger partial charge in [0.15, 0.2) is 0 Å². The second kappa shape index (κ2) is 3.86. The molecule has 3 rings (SSSR count). The van der Waals surface area contributed by atoms with E-state index < -0.39 is 0 Å². The Morgan fingerprint density at radius 3 is 2.37 bits per heavy atom. The fourth-order valence-corrected chi connectivity index (χ4v) is 2.75. The third-order valence-electron chi connectivity index (χ3n) is 4.30. The van der Waals surface area contributed by atoms with Crippen molar-refractivity contribution in [2.45, 2.75) is 33.1 Å². The molecule has 2 N–H and O–H groups in total. The summed E-state index contributed by atoms with van der Waals surface area (Å²) < 4.78 is 1.80. The van der Waals surface area contributed by atoms with Crippen LogP contribution in [-0.2, 0) is 7.05 Å². The summed E-state index contributed by atoms with van der Waals surface area (Å²) in [5.74, 6) is 1.30. The van der Waals surface area contributed by atoms with Crippen LogP contribution in [0, 0.1) is 12.3 Å². The average molecular weight is 255 g/mol. The SMILES string of the molecule is Cc1ccc(-c2c(C3CC3(C)C)nn(C)c2N)cc1. The second-order valence-corrected chi connectivity index (χ2v) is 6.38. The molecule has 1 saturated carbocycles. The molecule has 3 heteroatoms. The van der Waals surface area contributed by atoms with Crippen LogP contribution in [-0.4, -0.2) is 9.78 Å². The third-order valence-corrected chi connectivity index (χ3v) is 4.30. The Morgan fingerprint density at radius 1 is 1.26 bits per heavy atom. The topological polar surface area (TPSA) is 43.8 Å². The normalized spacial score (nSPS) is 20.5. The maximum absolute atomic E-state index is 6.23. The van der Waals surface area contributed by atoms with Crippen molar-refractivity contribution in [3.8, 4) is 11.1 Å². The molecule has 0 aliphatic heterocycles. The lowest BCUT2D eigenvalue weighted by Crippen LogP contribution is -1.98. The van der Waals surface area contributed by atoms with Crippen molar-refractivity contribution in [2.75, 3.05) is 5.73 Å². The smallest absolute Gasteiger partial charge is 0.129 e. The molecule has 1 fully saturated rings. The van der Waals surface area contributed by atoms with Crippen LogP contribution in [0.25, 0.3) is 11.1 Å². The molecule has 1 aliphatic carbocycles. The van der Waals surface area contributed by atoms with Crippen molar-refractivity contribution in [3.05, 3.63) is 35.5 Å². The number of aryl methyl sites for hydroxylation is 2. The number of hydrogen-bond donors (Lipinski definition) is 1. The number of aromatic nitrogens is 2. The Bertz CT molecular complexity index is 620. The van der Waals surface area contributed by atoms with Crippen molar-refractivity contribution in [2.24, 2.45) is 12.5 Å². The van der Waals surface area contributed by atoms with E-state index >= 15 is 0 Å². The first-order valence-corrected chi connectivity index (χ1v) is 6.79. The monoisotopic (exact) mass is 255 g/mol. The van der Waals surface area contributed by atoms with Gasteiger partial charge < -0.3 is 5.73 Å². The molecule has 1 heterocycles. The molecule has 1 aliphatic rings. The van der Waals surface area contributed by atoms with Crippen molar-refractivity contribution < 1.29 is 0 Å². The quantitative estimate of drug-likeness (QED) is 0.892. The average Bonchev–Trinajstić information content (AvgIpc) is 2.88. The number of hydrogen-bond acceptors (Lipinski definition) is 2. The summed E-state index contributed by atoms with van der Waals surface area (Å²) in [6.45, 7) is 6.68. The van der Waals surface area contributed by atoms with Crippen LogP contribution in [0.2, 0.25) is 0 Å². The first kappa shape index (κ1) is 12.3. The lowest BCUT2D eigenvalue weighted by molar-refractivity contribution is 0.609. The molecule has 100 valence electrons. The number of benzene rings is 1. The van der Waals surface area contributed by atoms with Gasteiger partial charge in [0.05, 0.1) is 5.69 Å². The predicted octanol–water partition coefficient (Wildman–Crippen LogP) is 3.49. The lowest BCUT2D eigenvalue weighted by Gasteiger charge is -2.06. The molecular formula is C16H21N3. The highest BCUT2D eigenvalue weighted by atomic mass is 15.3. The summed E-state index contributed by atoms with van der Waals surface area (Å²) in [6.07, 6.45) is 1.20. The van der Waals surface area contributed by atoms with Gasteiger partial charge in [-0.3, -0.25) is 4.68 Å². The van der Waals surface area contributed by atoms with E-state index in [2.05, 4.69) is 50.1 Å². The molecule has 1 aromatic carbocycles. The summed E-state index contributed by atoms with van der Waals surface area (Å²) in [6, 6.07) is 8.54. The molecule has 1 aromatic heterocycles. The van der Waals surface area contributed by atoms with Crippen LogP contribution in [0.1, 0.15) is 37.4 Å². The van der Waals surface area contributed by atoms with Crippen molar-refractivity contribution in [1.82, 2.24) is 9.78 Å². The van der Waals surface area contributed by atoms with Gasteiger partial charge in [-0.1, -0.05) is 43.7 Å². The van der Waals surface area contributed by atoms with Crippen LogP contribution in [0.5, 0.6) is 0 Å². The first-order valence-electron chi connectivity index (χ1n) is 6.79. The Hall–Kier alpha value is -1.77. The van der Waals surface area contributed by atoms with Crippen LogP contribution < -0.4 is 5.73 Å². The number of rotatable bonds is 2. The van der Waals surface area contributed by atoms with Gasteiger partial charge in [0.2, 0.25) is 0 Å². The highest BCUT2D eigenvalue weighted by Gasteiger charge is 2.49. The molecular weight excluding hydrogens is 234 g/mol. The summed E-state index contributed by atoms with van der Waals surface area (Å²) in [4.78, 5) is 0. The summed E-state index contributed by atoms with van der Waals surface area (Å²) >= 11 is 0. The van der Waals surface area contributed by atoms with Gasteiger partial charge in [-0.05, 0) is 24.3 Å². The minimum absolute atomic E-state index is 0.361. The Labute approximate surface area is 114 Å². The van der Waals surface area contributed by atoms with Crippen LogP contribution in [0.4, 0.5) is 5.82 Å². The van der Waals surface area contributed by atoms with Crippen molar-refractivity contribution >= 4 is 5.82 Å². The Morgan fingerprint density at radius 2 is 1.84 bits per heavy atom. The molecule has 1 unspecified atom stereocenters. The molecule has 0 amide bonds. The minimum atomic E-state index is 0.361. The largest absolute Gasteiger partial charge is 0.383 e. The van der Waals surface area contributed by atoms with Crippen molar-refractivity contribution in [3.63, 3.8) is 0 Å². The molecule has 0 spiro atoms. The maximum Gasteiger partial charge on any atom is 0.129 e. The van der Waals surface area contributed by atoms with E-state index in [1.807, 2.05) is 7.05 Å². The zero-order valence-electron chi connectivity index (χ0n) is 12.1. The Balaban J connectivity index is 2.12. The second-order valence-electron chi connectivity index (χ2n) is 6.38. The van der Waals surface area contributed by atoms with Crippen LogP contribution >= 0.6 is 0 Å². The fraction of sp³-hybridized carbons (Fsp3) is 0.438. The van der Waals surface area contributed by atoms with Gasteiger partial charge in [-0.25, -0.2) is 0 Å². The molecule has 0 saturated heterocycles. The first-order chi connectivity index (χ1) is 8.90. The highest BCUT2D eigenvalue weighted by molar-refractivity contribution is 5.77. The number of anilines is 1. The summed E-state index contributed by atoms with van der Waals surface area (Å²) in [7, 11) is 1.92. The zero-order valence-corrected chi connectivity index (χ0v) is 12.1. The van der Waals surface area contributed by atoms with E-state index in [1.54, 1.807) is 4.68 Å². The number of nitrogens with two attached hydrogens (primary N) is 1. The van der Waals surface area contributed by atoms with Gasteiger partial charge >= 0.3 is 0 Å². The Kier molecular flexibility index (Phi) is 2.49. The summed E-state index contributed by atoms with van der Waals surface area (Å²) in [5, 5.41) is 4.66. The lowest BCUT2D eigenvalue weighted by atomic mass is 9.99. The number of nitrogen functional groups attached to an aromatic ring is 1. The molecule has 1 atom stereocenters. The van der Waals surface area contributed by atoms with E-state index in [1.165, 1.54) is 17.5 Å². The molecule has 3 nitrogen and oxygen atoms in total. The van der Waals surface area contributed by atoms with Gasteiger partial charge in [-0.2, -0.15) is 5.10 Å². The standard InChI is InChI=1S/C16H21N3/c1-10-5-7-11(8-6-10)13-14(12-9-16(12,2)3)18-19(4)15(13)17/h5-8,12H,9,17H2,1-4H3. The summed E-state index contributed by atoms with van der Waals surface area (Å²) in [5.41, 5.74) is 11.3. The molecule has 0 radical (unpaired) electrons. The minimum Gasteiger partial charge on any atom is -0.383 e. The van der Waals surface area contributed by atoms with Gasteiger partial charge in [-0.15, -0.1) is 0 Å². The predicted molar refractivity (Wildman–Crippen MR) is 78.9 cm³/mol.